The monoisotopic (exact) mass is 287 g/mol. The van der Waals surface area contributed by atoms with Crippen molar-refractivity contribution in [2.24, 2.45) is 0 Å². The van der Waals surface area contributed by atoms with Crippen molar-refractivity contribution in [3.05, 3.63) is 70.7 Å². The molecule has 2 aromatic carbocycles. The molecule has 0 aromatic heterocycles. The second-order valence-electron chi connectivity index (χ2n) is 5.50. The number of rotatable bonds is 6. The van der Waals surface area contributed by atoms with E-state index in [2.05, 4.69) is 61.6 Å². The lowest BCUT2D eigenvalue weighted by atomic mass is 9.92. The minimum absolute atomic E-state index is 0.486. The molecule has 0 aliphatic rings. The molecule has 1 N–H and O–H groups in total. The highest BCUT2D eigenvalue weighted by atomic mass is 35.5. The molecule has 2 rings (SSSR count). The van der Waals surface area contributed by atoms with Crippen LogP contribution in [0.5, 0.6) is 0 Å². The molecule has 0 aliphatic heterocycles. The SMILES string of the molecule is CC(C)NCC(Cc1ccc(Cl)cc1)c1ccccc1. The molecule has 0 spiro atoms. The van der Waals surface area contributed by atoms with Gasteiger partial charge >= 0.3 is 0 Å². The largest absolute Gasteiger partial charge is 0.314 e. The molecule has 20 heavy (non-hydrogen) atoms. The zero-order valence-corrected chi connectivity index (χ0v) is 12.9. The molecule has 0 fully saturated rings. The van der Waals surface area contributed by atoms with Crippen molar-refractivity contribution in [1.29, 1.82) is 0 Å². The molecule has 106 valence electrons. The Hall–Kier alpha value is -1.31. The van der Waals surface area contributed by atoms with Crippen LogP contribution in [0.2, 0.25) is 5.02 Å². The zero-order chi connectivity index (χ0) is 14.4. The van der Waals surface area contributed by atoms with Crippen LogP contribution in [0.1, 0.15) is 30.9 Å². The summed E-state index contributed by atoms with van der Waals surface area (Å²) in [6.45, 7) is 5.36. The van der Waals surface area contributed by atoms with Crippen LogP contribution in [0.25, 0.3) is 0 Å². The van der Waals surface area contributed by atoms with E-state index in [1.807, 2.05) is 12.1 Å². The molecular weight excluding hydrogens is 266 g/mol. The van der Waals surface area contributed by atoms with E-state index >= 15 is 0 Å². The van der Waals surface area contributed by atoms with Crippen molar-refractivity contribution >= 4 is 11.6 Å². The van der Waals surface area contributed by atoms with Crippen molar-refractivity contribution in [3.63, 3.8) is 0 Å². The summed E-state index contributed by atoms with van der Waals surface area (Å²) in [7, 11) is 0. The van der Waals surface area contributed by atoms with Crippen LogP contribution in [-0.4, -0.2) is 12.6 Å². The van der Waals surface area contributed by atoms with Crippen molar-refractivity contribution in [2.75, 3.05) is 6.54 Å². The van der Waals surface area contributed by atoms with Gasteiger partial charge in [-0.1, -0.05) is 67.9 Å². The van der Waals surface area contributed by atoms with Crippen LogP contribution in [0.4, 0.5) is 0 Å². The predicted molar refractivity (Wildman–Crippen MR) is 87.5 cm³/mol. The minimum Gasteiger partial charge on any atom is -0.314 e. The molecule has 1 nitrogen and oxygen atoms in total. The van der Waals surface area contributed by atoms with Crippen LogP contribution in [0, 0.1) is 0 Å². The normalized spacial score (nSPS) is 12.6. The summed E-state index contributed by atoms with van der Waals surface area (Å²) in [5.74, 6) is 0.486. The van der Waals surface area contributed by atoms with Gasteiger partial charge in [-0.3, -0.25) is 0 Å². The third kappa shape index (κ3) is 4.66. The van der Waals surface area contributed by atoms with Crippen LogP contribution >= 0.6 is 11.6 Å². The van der Waals surface area contributed by atoms with Gasteiger partial charge in [-0.25, -0.2) is 0 Å². The Bertz CT molecular complexity index is 505. The first-order valence-corrected chi connectivity index (χ1v) is 7.55. The third-order valence-corrected chi connectivity index (χ3v) is 3.69. The molecule has 0 saturated carbocycles. The molecule has 1 unspecified atom stereocenters. The molecule has 0 heterocycles. The quantitative estimate of drug-likeness (QED) is 0.814. The van der Waals surface area contributed by atoms with Gasteiger partial charge in [0.2, 0.25) is 0 Å². The van der Waals surface area contributed by atoms with E-state index in [4.69, 9.17) is 11.6 Å². The standard InChI is InChI=1S/C18H22ClN/c1-14(2)20-13-17(16-6-4-3-5-7-16)12-15-8-10-18(19)11-9-15/h3-11,14,17,20H,12-13H2,1-2H3. The highest BCUT2D eigenvalue weighted by Gasteiger charge is 2.12. The number of hydrogen-bond acceptors (Lipinski definition) is 1. The molecule has 2 heteroatoms. The average Bonchev–Trinajstić information content (AvgIpc) is 2.46. The maximum Gasteiger partial charge on any atom is 0.0406 e. The fraction of sp³-hybridized carbons (Fsp3) is 0.333. The van der Waals surface area contributed by atoms with E-state index in [1.54, 1.807) is 0 Å². The van der Waals surface area contributed by atoms with E-state index in [0.717, 1.165) is 18.0 Å². The van der Waals surface area contributed by atoms with Gasteiger partial charge in [0.15, 0.2) is 0 Å². The summed E-state index contributed by atoms with van der Waals surface area (Å²) in [4.78, 5) is 0. The van der Waals surface area contributed by atoms with Gasteiger partial charge in [0.25, 0.3) is 0 Å². The second kappa shape index (κ2) is 7.47. The molecule has 0 saturated heterocycles. The van der Waals surface area contributed by atoms with Gasteiger partial charge in [0.05, 0.1) is 0 Å². The molecule has 1 atom stereocenters. The van der Waals surface area contributed by atoms with Gasteiger partial charge < -0.3 is 5.32 Å². The fourth-order valence-electron chi connectivity index (χ4n) is 2.32. The first-order chi connectivity index (χ1) is 9.65. The minimum atomic E-state index is 0.486. The Kier molecular flexibility index (Phi) is 5.63. The number of halogens is 1. The van der Waals surface area contributed by atoms with E-state index in [1.165, 1.54) is 11.1 Å². The number of nitrogens with one attached hydrogen (secondary N) is 1. The summed E-state index contributed by atoms with van der Waals surface area (Å²) >= 11 is 5.96. The Morgan fingerprint density at radius 1 is 0.950 bits per heavy atom. The smallest absolute Gasteiger partial charge is 0.0406 e. The van der Waals surface area contributed by atoms with Gasteiger partial charge in [-0.15, -0.1) is 0 Å². The van der Waals surface area contributed by atoms with Gasteiger partial charge in [-0.05, 0) is 29.7 Å². The van der Waals surface area contributed by atoms with Crippen molar-refractivity contribution < 1.29 is 0 Å². The fourth-order valence-corrected chi connectivity index (χ4v) is 2.44. The third-order valence-electron chi connectivity index (χ3n) is 3.44. The predicted octanol–water partition coefficient (Wildman–Crippen LogP) is 4.66. The van der Waals surface area contributed by atoms with Gasteiger partial charge in [-0.2, -0.15) is 0 Å². The summed E-state index contributed by atoms with van der Waals surface area (Å²) in [6.07, 6.45) is 1.03. The summed E-state index contributed by atoms with van der Waals surface area (Å²) < 4.78 is 0. The maximum atomic E-state index is 5.96. The molecule has 0 aliphatic carbocycles. The van der Waals surface area contributed by atoms with E-state index in [9.17, 15) is 0 Å². The van der Waals surface area contributed by atoms with Crippen molar-refractivity contribution in [3.8, 4) is 0 Å². The number of hydrogen-bond donors (Lipinski definition) is 1. The highest BCUT2D eigenvalue weighted by Crippen LogP contribution is 2.21. The summed E-state index contributed by atoms with van der Waals surface area (Å²) in [5, 5.41) is 4.35. The lowest BCUT2D eigenvalue weighted by molar-refractivity contribution is 0.527. The van der Waals surface area contributed by atoms with Crippen molar-refractivity contribution in [2.45, 2.75) is 32.2 Å². The Morgan fingerprint density at radius 2 is 1.60 bits per heavy atom. The zero-order valence-electron chi connectivity index (χ0n) is 12.1. The molecule has 2 aromatic rings. The van der Waals surface area contributed by atoms with E-state index < -0.39 is 0 Å². The second-order valence-corrected chi connectivity index (χ2v) is 5.94. The summed E-state index contributed by atoms with van der Waals surface area (Å²) in [6, 6.07) is 19.4. The van der Waals surface area contributed by atoms with Crippen molar-refractivity contribution in [1.82, 2.24) is 5.32 Å². The summed E-state index contributed by atoms with van der Waals surface area (Å²) in [5.41, 5.74) is 2.71. The van der Waals surface area contributed by atoms with E-state index in [-0.39, 0.29) is 0 Å². The van der Waals surface area contributed by atoms with Crippen LogP contribution in [0.3, 0.4) is 0 Å². The van der Waals surface area contributed by atoms with Crippen LogP contribution in [-0.2, 0) is 6.42 Å². The molecule has 0 amide bonds. The lowest BCUT2D eigenvalue weighted by Gasteiger charge is -2.20. The van der Waals surface area contributed by atoms with Crippen LogP contribution < -0.4 is 5.32 Å². The molecule has 0 radical (unpaired) electrons. The average molecular weight is 288 g/mol. The van der Waals surface area contributed by atoms with Crippen LogP contribution in [0.15, 0.2) is 54.6 Å². The Labute approximate surface area is 127 Å². The maximum absolute atomic E-state index is 5.96. The van der Waals surface area contributed by atoms with E-state index in [0.29, 0.717) is 12.0 Å². The van der Waals surface area contributed by atoms with Gasteiger partial charge in [0, 0.05) is 23.5 Å². The first kappa shape index (κ1) is 15.1. The van der Waals surface area contributed by atoms with Gasteiger partial charge in [0.1, 0.15) is 0 Å². The molecular formula is C18H22ClN. The Balaban J connectivity index is 2.12. The molecule has 0 bridgehead atoms. The Morgan fingerprint density at radius 3 is 2.20 bits per heavy atom. The first-order valence-electron chi connectivity index (χ1n) is 7.18. The topological polar surface area (TPSA) is 12.0 Å². The lowest BCUT2D eigenvalue weighted by Crippen LogP contribution is -2.28. The number of benzene rings is 2. The highest BCUT2D eigenvalue weighted by molar-refractivity contribution is 6.30.